The highest BCUT2D eigenvalue weighted by Gasteiger charge is 2.48. The van der Waals surface area contributed by atoms with Gasteiger partial charge in [0, 0.05) is 29.9 Å². The van der Waals surface area contributed by atoms with Crippen LogP contribution in [-0.4, -0.2) is 51.9 Å². The van der Waals surface area contributed by atoms with Crippen molar-refractivity contribution in [3.05, 3.63) is 59.3 Å². The van der Waals surface area contributed by atoms with Crippen LogP contribution < -0.4 is 5.73 Å². The Balaban J connectivity index is 1.73. The van der Waals surface area contributed by atoms with Gasteiger partial charge in [-0.05, 0) is 30.7 Å². The summed E-state index contributed by atoms with van der Waals surface area (Å²) in [6, 6.07) is 2.54. The highest BCUT2D eigenvalue weighted by Crippen LogP contribution is 2.41. The van der Waals surface area contributed by atoms with E-state index in [4.69, 9.17) is 10.5 Å². The number of aromatic nitrogens is 2. The Morgan fingerprint density at radius 1 is 1.21 bits per heavy atom. The van der Waals surface area contributed by atoms with Gasteiger partial charge in [0.05, 0.1) is 30.0 Å². The first-order valence-corrected chi connectivity index (χ1v) is 10.5. The number of hydrogen-bond donors (Lipinski definition) is 1. The van der Waals surface area contributed by atoms with Crippen LogP contribution in [0.2, 0.25) is 0 Å². The van der Waals surface area contributed by atoms with Gasteiger partial charge in [0.1, 0.15) is 11.4 Å². The van der Waals surface area contributed by atoms with E-state index in [1.54, 1.807) is 13.8 Å². The maximum absolute atomic E-state index is 14.9. The number of carbonyl (C=O) groups excluding carboxylic acids is 2. The number of alkyl halides is 3. The van der Waals surface area contributed by atoms with Crippen molar-refractivity contribution in [3.63, 3.8) is 0 Å². The largest absolute Gasteiger partial charge is 0.417 e. The van der Waals surface area contributed by atoms with Crippen molar-refractivity contribution in [2.75, 3.05) is 19.7 Å². The molecule has 34 heavy (non-hydrogen) atoms. The first kappa shape index (κ1) is 23.8. The van der Waals surface area contributed by atoms with Crippen LogP contribution in [0.25, 0.3) is 11.4 Å². The van der Waals surface area contributed by atoms with Gasteiger partial charge in [-0.25, -0.2) is 14.4 Å². The van der Waals surface area contributed by atoms with Crippen molar-refractivity contribution in [1.29, 1.82) is 0 Å². The van der Waals surface area contributed by atoms with E-state index in [9.17, 15) is 27.2 Å². The zero-order valence-corrected chi connectivity index (χ0v) is 18.4. The summed E-state index contributed by atoms with van der Waals surface area (Å²) in [5.74, 6) is -2.66. The molecule has 2 N–H and O–H groups in total. The van der Waals surface area contributed by atoms with Crippen LogP contribution in [-0.2, 0) is 15.7 Å². The first-order valence-electron chi connectivity index (χ1n) is 10.5. The molecular formula is C23H22F4N4O3. The number of nitrogens with zero attached hydrogens (tertiary/aromatic N) is 3. The Kier molecular flexibility index (Phi) is 5.71. The molecule has 1 fully saturated rings. The second kappa shape index (κ2) is 8.15. The van der Waals surface area contributed by atoms with Crippen molar-refractivity contribution < 1.29 is 31.9 Å². The number of hydrogen-bond acceptors (Lipinski definition) is 6. The average molecular weight is 478 g/mol. The van der Waals surface area contributed by atoms with E-state index in [2.05, 4.69) is 9.97 Å². The van der Waals surface area contributed by atoms with Crippen molar-refractivity contribution >= 4 is 11.7 Å². The number of halogens is 4. The number of amides is 1. The van der Waals surface area contributed by atoms with E-state index < -0.39 is 45.6 Å². The number of Topliss-reactive ketones (excluding diaryl/α,β-unsaturated/α-hetero) is 1. The number of benzene rings is 1. The topological polar surface area (TPSA) is 98.4 Å². The van der Waals surface area contributed by atoms with Crippen LogP contribution in [0.15, 0.2) is 42.4 Å². The van der Waals surface area contributed by atoms with Crippen molar-refractivity contribution in [1.82, 2.24) is 14.9 Å². The number of morpholine rings is 1. The van der Waals surface area contributed by atoms with Crippen molar-refractivity contribution in [2.24, 2.45) is 11.1 Å². The highest BCUT2D eigenvalue weighted by atomic mass is 19.4. The van der Waals surface area contributed by atoms with Crippen LogP contribution in [0.3, 0.4) is 0 Å². The standard InChI is InChI=1S/C23H22F4N4O3/c1-21(2)11-22(10-17(28)18(21)32)12-31(6-7-34-22)20(33)14-8-13(19-29-4-3-5-30-19)15(9-16(14)24)23(25,26)27/h3-5,8-10H,6-7,11-12,28H2,1-2H3. The van der Waals surface area contributed by atoms with E-state index in [0.29, 0.717) is 0 Å². The Morgan fingerprint density at radius 3 is 2.50 bits per heavy atom. The summed E-state index contributed by atoms with van der Waals surface area (Å²) in [6.45, 7) is 3.55. The minimum Gasteiger partial charge on any atom is -0.396 e. The molecule has 4 rings (SSSR count). The molecule has 1 aromatic carbocycles. The van der Waals surface area contributed by atoms with Crippen LogP contribution in [0, 0.1) is 11.2 Å². The molecule has 1 unspecified atom stereocenters. The van der Waals surface area contributed by atoms with Gasteiger partial charge < -0.3 is 15.4 Å². The van der Waals surface area contributed by atoms with Crippen molar-refractivity contribution in [3.8, 4) is 11.4 Å². The Hall–Kier alpha value is -3.34. The van der Waals surface area contributed by atoms with E-state index in [1.165, 1.54) is 29.4 Å². The minimum atomic E-state index is -4.89. The highest BCUT2D eigenvalue weighted by molar-refractivity contribution is 6.00. The molecule has 1 amide bonds. The van der Waals surface area contributed by atoms with E-state index >= 15 is 0 Å². The molecule has 2 aliphatic rings. The molecule has 0 saturated carbocycles. The monoisotopic (exact) mass is 478 g/mol. The number of rotatable bonds is 2. The number of ketones is 1. The smallest absolute Gasteiger partial charge is 0.396 e. The van der Waals surface area contributed by atoms with Crippen molar-refractivity contribution in [2.45, 2.75) is 32.0 Å². The summed E-state index contributed by atoms with van der Waals surface area (Å²) in [5.41, 5.74) is 1.67. The Morgan fingerprint density at radius 2 is 1.88 bits per heavy atom. The van der Waals surface area contributed by atoms with Gasteiger partial charge in [-0.2, -0.15) is 13.2 Å². The lowest BCUT2D eigenvalue weighted by Crippen LogP contribution is -2.57. The third-order valence-corrected chi connectivity index (χ3v) is 5.98. The SMILES string of the molecule is CC1(C)CC2(C=C(N)C1=O)CN(C(=O)c1cc(-c3ncccn3)c(C(F)(F)F)cc1F)CCO2. The number of allylic oxidation sites excluding steroid dienone is 1. The average Bonchev–Trinajstić information content (AvgIpc) is 2.76. The van der Waals surface area contributed by atoms with Gasteiger partial charge in [-0.15, -0.1) is 0 Å². The summed E-state index contributed by atoms with van der Waals surface area (Å²) in [6.07, 6.45) is -0.680. The number of ether oxygens (including phenoxy) is 1. The summed E-state index contributed by atoms with van der Waals surface area (Å²) >= 11 is 0. The van der Waals surface area contributed by atoms with Crippen LogP contribution in [0.1, 0.15) is 36.2 Å². The molecule has 1 aromatic heterocycles. The third-order valence-electron chi connectivity index (χ3n) is 5.98. The molecule has 1 aliphatic carbocycles. The first-order chi connectivity index (χ1) is 15.8. The van der Waals surface area contributed by atoms with Gasteiger partial charge in [0.25, 0.3) is 5.91 Å². The molecule has 2 heterocycles. The van der Waals surface area contributed by atoms with Gasteiger partial charge in [-0.1, -0.05) is 13.8 Å². The van der Waals surface area contributed by atoms with Gasteiger partial charge in [0.2, 0.25) is 0 Å². The summed E-state index contributed by atoms with van der Waals surface area (Å²) in [7, 11) is 0. The Bertz CT molecular complexity index is 1180. The molecule has 1 aliphatic heterocycles. The van der Waals surface area contributed by atoms with Gasteiger partial charge >= 0.3 is 6.18 Å². The lowest BCUT2D eigenvalue weighted by atomic mass is 9.71. The van der Waals surface area contributed by atoms with Gasteiger partial charge in [-0.3, -0.25) is 9.59 Å². The van der Waals surface area contributed by atoms with Crippen LogP contribution >= 0.6 is 0 Å². The zero-order valence-electron chi connectivity index (χ0n) is 18.4. The fourth-order valence-electron chi connectivity index (χ4n) is 4.56. The minimum absolute atomic E-state index is 0.00905. The molecule has 2 aromatic rings. The zero-order chi connectivity index (χ0) is 24.9. The predicted octanol–water partition coefficient (Wildman–Crippen LogP) is 3.35. The predicted molar refractivity (Wildman–Crippen MR) is 113 cm³/mol. The van der Waals surface area contributed by atoms with E-state index in [1.807, 2.05) is 0 Å². The van der Waals surface area contributed by atoms with Gasteiger partial charge in [0.15, 0.2) is 11.6 Å². The molecule has 180 valence electrons. The molecular weight excluding hydrogens is 456 g/mol. The van der Waals surface area contributed by atoms with Crippen LogP contribution in [0.4, 0.5) is 17.6 Å². The third kappa shape index (κ3) is 4.27. The summed E-state index contributed by atoms with van der Waals surface area (Å²) < 4.78 is 61.6. The second-order valence-corrected chi connectivity index (χ2v) is 9.08. The fourth-order valence-corrected chi connectivity index (χ4v) is 4.56. The molecule has 11 heteroatoms. The lowest BCUT2D eigenvalue weighted by Gasteiger charge is -2.46. The number of nitrogens with two attached hydrogens (primary N) is 1. The maximum atomic E-state index is 14.9. The van der Waals surface area contributed by atoms with E-state index in [0.717, 1.165) is 6.07 Å². The number of carbonyl (C=O) groups is 2. The molecule has 1 spiro atoms. The normalized spacial score (nSPS) is 22.6. The Labute approximate surface area is 192 Å². The van der Waals surface area contributed by atoms with E-state index in [-0.39, 0.29) is 49.5 Å². The fraction of sp³-hybridized carbons (Fsp3) is 0.391. The molecule has 1 saturated heterocycles. The molecule has 0 radical (unpaired) electrons. The molecule has 1 atom stereocenters. The second-order valence-electron chi connectivity index (χ2n) is 9.08. The summed E-state index contributed by atoms with van der Waals surface area (Å²) in [5, 5.41) is 0. The van der Waals surface area contributed by atoms with Crippen LogP contribution in [0.5, 0.6) is 0 Å². The quantitative estimate of drug-likeness (QED) is 0.665. The lowest BCUT2D eigenvalue weighted by molar-refractivity contribution is -0.137. The maximum Gasteiger partial charge on any atom is 0.417 e. The molecule has 7 nitrogen and oxygen atoms in total. The summed E-state index contributed by atoms with van der Waals surface area (Å²) in [4.78, 5) is 34.6. The molecule has 0 bridgehead atoms.